The Bertz CT molecular complexity index is 1140. The van der Waals surface area contributed by atoms with E-state index in [2.05, 4.69) is 135 Å². The molecular formula is C58H118O5S. The first kappa shape index (κ1) is 73.9. The van der Waals surface area contributed by atoms with E-state index in [0.29, 0.717) is 23.8 Å². The third kappa shape index (κ3) is 77.6. The molecule has 1 aromatic rings. The van der Waals surface area contributed by atoms with Gasteiger partial charge in [0.15, 0.2) is 9.84 Å². The number of esters is 1. The fourth-order valence-electron chi connectivity index (χ4n) is 6.50. The molecule has 0 radical (unpaired) electrons. The SMILES string of the molecule is C=CCC(=O)OC(C)C.CC(C)C.CC(C)C1CCCCC1.CC(C)CCCC(C)C.CC(C)CS(=O)(=O)CC(C)C.CC(C)O.CC(C)c1ccccc1.CCCC(C)CC(C)C. The number of hydrogen-bond acceptors (Lipinski definition) is 5. The summed E-state index contributed by atoms with van der Waals surface area (Å²) in [4.78, 5) is 10.6. The Labute approximate surface area is 404 Å². The van der Waals surface area contributed by atoms with Crippen molar-refractivity contribution in [2.75, 3.05) is 11.5 Å². The minimum Gasteiger partial charge on any atom is -0.463 e. The van der Waals surface area contributed by atoms with Gasteiger partial charge >= 0.3 is 5.97 Å². The van der Waals surface area contributed by atoms with Crippen molar-refractivity contribution < 1.29 is 23.1 Å². The van der Waals surface area contributed by atoms with Crippen LogP contribution in [0.3, 0.4) is 0 Å². The predicted octanol–water partition coefficient (Wildman–Crippen LogP) is 18.2. The molecule has 0 heterocycles. The van der Waals surface area contributed by atoms with Crippen LogP contribution >= 0.6 is 0 Å². The van der Waals surface area contributed by atoms with E-state index in [1.165, 1.54) is 82.3 Å². The van der Waals surface area contributed by atoms with Crippen LogP contribution < -0.4 is 0 Å². The maximum Gasteiger partial charge on any atom is 0.309 e. The van der Waals surface area contributed by atoms with Gasteiger partial charge in [0.1, 0.15) is 0 Å². The molecule has 1 unspecified atom stereocenters. The van der Waals surface area contributed by atoms with Gasteiger partial charge in [-0.15, -0.1) is 6.58 Å². The molecule has 0 bridgehead atoms. The van der Waals surface area contributed by atoms with Gasteiger partial charge in [-0.2, -0.15) is 0 Å². The molecule has 5 nitrogen and oxygen atoms in total. The number of hydrogen-bond donors (Lipinski definition) is 1. The van der Waals surface area contributed by atoms with Gasteiger partial charge in [0, 0.05) is 6.10 Å². The van der Waals surface area contributed by atoms with E-state index in [1.807, 2.05) is 47.6 Å². The summed E-state index contributed by atoms with van der Waals surface area (Å²) in [7, 11) is -2.78. The van der Waals surface area contributed by atoms with Gasteiger partial charge in [-0.05, 0) is 98.9 Å². The van der Waals surface area contributed by atoms with Crippen molar-refractivity contribution in [2.24, 2.45) is 53.3 Å². The highest BCUT2D eigenvalue weighted by molar-refractivity contribution is 7.91. The minimum absolute atomic E-state index is 0.0163. The summed E-state index contributed by atoms with van der Waals surface area (Å²) in [5.41, 5.74) is 1.41. The van der Waals surface area contributed by atoms with E-state index in [0.717, 1.165) is 41.4 Å². The van der Waals surface area contributed by atoms with Crippen LogP contribution in [0.2, 0.25) is 0 Å². The fraction of sp³-hybridized carbons (Fsp3) is 0.845. The molecular weight excluding hydrogens is 809 g/mol. The lowest BCUT2D eigenvalue weighted by atomic mass is 9.82. The zero-order valence-corrected chi connectivity index (χ0v) is 48.3. The Morgan fingerprint density at radius 3 is 1.33 bits per heavy atom. The van der Waals surface area contributed by atoms with E-state index in [9.17, 15) is 13.2 Å². The van der Waals surface area contributed by atoms with E-state index in [4.69, 9.17) is 9.84 Å². The topological polar surface area (TPSA) is 80.7 Å². The van der Waals surface area contributed by atoms with Crippen LogP contribution in [-0.2, 0) is 19.4 Å². The third-order valence-electron chi connectivity index (χ3n) is 9.13. The lowest BCUT2D eigenvalue weighted by Gasteiger charge is -2.24. The summed E-state index contributed by atoms with van der Waals surface area (Å²) in [6, 6.07) is 10.5. The third-order valence-corrected chi connectivity index (χ3v) is 11.5. The second kappa shape index (κ2) is 49.3. The fourth-order valence-corrected chi connectivity index (χ4v) is 8.67. The van der Waals surface area contributed by atoms with E-state index in [1.54, 1.807) is 13.8 Å². The molecule has 0 aromatic heterocycles. The molecule has 0 saturated heterocycles. The summed E-state index contributed by atoms with van der Waals surface area (Å²) in [5, 5.41) is 8.06. The Hall–Kier alpha value is -1.66. The molecule has 1 aliphatic carbocycles. The van der Waals surface area contributed by atoms with Crippen molar-refractivity contribution in [2.45, 2.75) is 254 Å². The lowest BCUT2D eigenvalue weighted by molar-refractivity contribution is -0.146. The van der Waals surface area contributed by atoms with Crippen LogP contribution in [0.5, 0.6) is 0 Å². The molecule has 1 aliphatic rings. The minimum atomic E-state index is -2.78. The molecule has 0 spiro atoms. The highest BCUT2D eigenvalue weighted by Crippen LogP contribution is 2.29. The van der Waals surface area contributed by atoms with Crippen LogP contribution in [-0.4, -0.2) is 43.2 Å². The number of aliphatic hydroxyl groups excluding tert-OH is 1. The molecule has 1 fully saturated rings. The zero-order valence-electron chi connectivity index (χ0n) is 47.5. The summed E-state index contributed by atoms with van der Waals surface area (Å²) in [6.07, 6.45) is 17.5. The number of sulfone groups is 1. The number of benzene rings is 1. The zero-order chi connectivity index (χ0) is 51.4. The lowest BCUT2D eigenvalue weighted by Crippen LogP contribution is -2.18. The monoisotopic (exact) mass is 927 g/mol. The van der Waals surface area contributed by atoms with Crippen LogP contribution in [0.4, 0.5) is 0 Å². The van der Waals surface area contributed by atoms with Crippen LogP contribution in [0.1, 0.15) is 248 Å². The predicted molar refractivity (Wildman–Crippen MR) is 291 cm³/mol. The normalized spacial score (nSPS) is 12.9. The van der Waals surface area contributed by atoms with E-state index < -0.39 is 9.84 Å². The van der Waals surface area contributed by atoms with Crippen molar-refractivity contribution in [1.29, 1.82) is 0 Å². The maximum absolute atomic E-state index is 11.3. The number of rotatable bonds is 17. The molecule has 0 aliphatic heterocycles. The quantitative estimate of drug-likeness (QED) is 0.124. The van der Waals surface area contributed by atoms with Crippen molar-refractivity contribution >= 4 is 15.8 Å². The van der Waals surface area contributed by atoms with Crippen LogP contribution in [0.15, 0.2) is 43.0 Å². The number of carbonyl (C=O) groups excluding carboxylic acids is 1. The average Bonchev–Trinajstić information content (AvgIpc) is 3.11. The molecule has 64 heavy (non-hydrogen) atoms. The largest absolute Gasteiger partial charge is 0.463 e. The van der Waals surface area contributed by atoms with Crippen LogP contribution in [0, 0.1) is 53.3 Å². The number of aliphatic hydroxyl groups is 1. The Balaban J connectivity index is -0.000000153. The van der Waals surface area contributed by atoms with Gasteiger partial charge in [-0.1, -0.05) is 232 Å². The maximum atomic E-state index is 11.3. The van der Waals surface area contributed by atoms with E-state index >= 15 is 0 Å². The first-order chi connectivity index (χ1) is 29.4. The average molecular weight is 928 g/mol. The molecule has 2 rings (SSSR count). The summed E-state index contributed by atoms with van der Waals surface area (Å²) in [5.74, 6) is 8.03. The van der Waals surface area contributed by atoms with Gasteiger partial charge in [-0.25, -0.2) is 8.42 Å². The summed E-state index contributed by atoms with van der Waals surface area (Å²) < 4.78 is 27.3. The molecule has 386 valence electrons. The molecule has 0 amide bonds. The van der Waals surface area contributed by atoms with Crippen molar-refractivity contribution in [1.82, 2.24) is 0 Å². The Morgan fingerprint density at radius 2 is 1.08 bits per heavy atom. The Kier molecular flexibility index (Phi) is 56.9. The molecule has 1 aromatic carbocycles. The first-order valence-electron chi connectivity index (χ1n) is 26.1. The first-order valence-corrected chi connectivity index (χ1v) is 27.9. The number of ether oxygens (including phenoxy) is 1. The van der Waals surface area contributed by atoms with Gasteiger partial charge in [0.05, 0.1) is 24.0 Å². The summed E-state index contributed by atoms with van der Waals surface area (Å²) >= 11 is 0. The smallest absolute Gasteiger partial charge is 0.309 e. The van der Waals surface area contributed by atoms with Crippen molar-refractivity contribution in [3.8, 4) is 0 Å². The second-order valence-corrected chi connectivity index (χ2v) is 24.3. The second-order valence-electron chi connectivity index (χ2n) is 22.2. The van der Waals surface area contributed by atoms with Gasteiger partial charge in [0.25, 0.3) is 0 Å². The number of carbonyl (C=O) groups is 1. The van der Waals surface area contributed by atoms with Crippen molar-refractivity contribution in [3.05, 3.63) is 48.6 Å². The van der Waals surface area contributed by atoms with Gasteiger partial charge < -0.3 is 9.84 Å². The van der Waals surface area contributed by atoms with Gasteiger partial charge in [-0.3, -0.25) is 4.79 Å². The highest BCUT2D eigenvalue weighted by Gasteiger charge is 2.16. The van der Waals surface area contributed by atoms with Gasteiger partial charge in [0.2, 0.25) is 0 Å². The summed E-state index contributed by atoms with van der Waals surface area (Å²) in [6.45, 7) is 52.2. The van der Waals surface area contributed by atoms with Crippen LogP contribution in [0.25, 0.3) is 0 Å². The van der Waals surface area contributed by atoms with E-state index in [-0.39, 0.29) is 30.0 Å². The molecule has 1 saturated carbocycles. The highest BCUT2D eigenvalue weighted by atomic mass is 32.2. The molecule has 1 atom stereocenters. The molecule has 6 heteroatoms. The van der Waals surface area contributed by atoms with Crippen molar-refractivity contribution in [3.63, 3.8) is 0 Å². The standard InChI is InChI=1S/C9H18.C9H12.2C9H20.C8H18O2S.C7H12O2.C4H10.C3H8O/c2*1-8(2)9-6-4-3-5-7-9;1-8(2)6-5-7-9(3)4;1-5-6-9(4)7-8(2)3;1-7(2)5-11(9,10)6-8(3)4;1-4-5-7(8)9-6(2)3;1-4(2)3;1-3(2)4/h8-9H,3-7H2,1-2H3;3-8H,1-2H3;2*8-9H,5-7H2,1-4H3;7-8H,5-6H2,1-4H3;4,6H,1,5H2,2-3H3;4H,1-3H3;3-4H,1-2H3. The Morgan fingerprint density at radius 1 is 0.672 bits per heavy atom. The molecule has 1 N–H and O–H groups in total.